The lowest BCUT2D eigenvalue weighted by atomic mass is 10.0. The quantitative estimate of drug-likeness (QED) is 0.218. The van der Waals surface area contributed by atoms with Crippen LogP contribution in [0, 0.1) is 0 Å². The molecule has 2 saturated heterocycles. The summed E-state index contributed by atoms with van der Waals surface area (Å²) in [5, 5.41) is 9.72. The minimum absolute atomic E-state index is 0.0535. The Morgan fingerprint density at radius 3 is 2.74 bits per heavy atom. The number of nitrogens with one attached hydrogen (secondary N) is 2. The van der Waals surface area contributed by atoms with Gasteiger partial charge in [0.15, 0.2) is 22.9 Å². The summed E-state index contributed by atoms with van der Waals surface area (Å²) in [6.07, 6.45) is -1.85. The van der Waals surface area contributed by atoms with Crippen LogP contribution in [0.3, 0.4) is 0 Å². The lowest BCUT2D eigenvalue weighted by Gasteiger charge is -2.28. The number of carbonyl (C=O) groups excluding carboxylic acids is 2. The van der Waals surface area contributed by atoms with Crippen LogP contribution in [0.5, 0.6) is 5.75 Å². The molecule has 3 aromatic heterocycles. The number of fused-ring (bicyclic) bond motifs is 3. The largest absolute Gasteiger partial charge is 0.435 e. The van der Waals surface area contributed by atoms with Gasteiger partial charge >= 0.3 is 6.18 Å². The Balaban J connectivity index is 1.38. The number of carbonyl (C=O) groups is 2. The summed E-state index contributed by atoms with van der Waals surface area (Å²) in [5.41, 5.74) is -0.564. The van der Waals surface area contributed by atoms with Gasteiger partial charge in [-0.05, 0) is 25.0 Å². The minimum atomic E-state index is -4.91. The predicted molar refractivity (Wildman–Crippen MR) is 142 cm³/mol. The minimum Gasteiger partial charge on any atom is -0.426 e. The van der Waals surface area contributed by atoms with Gasteiger partial charge in [0.25, 0.3) is 18.8 Å². The van der Waals surface area contributed by atoms with Crippen molar-refractivity contribution in [3.05, 3.63) is 53.7 Å². The number of hydrogen-bond donors (Lipinski definition) is 2. The second-order valence-corrected chi connectivity index (χ2v) is 10.2. The molecule has 6 rings (SSSR count). The molecule has 2 fully saturated rings. The molecule has 16 heteroatoms. The summed E-state index contributed by atoms with van der Waals surface area (Å²) in [6.45, 7) is 2.35. The number of benzene rings is 1. The molecule has 2 aliphatic rings. The van der Waals surface area contributed by atoms with Gasteiger partial charge in [-0.25, -0.2) is 18.7 Å². The standard InChI is InChI=1S/C27H25F5N8O3/c1-2-16-17(26(42)40-10-14-7-15(40)8-34-14)3-4-19(22(16)43-13-41)36-24-25-35-9-20(39(25)6-5-33-24)18-11-38(12-21(28)29)37-23(18)27(30,31)32/h3-6,9,11,13-15,21,34H,2,7-8,10,12H2,1H3,(H,33,36). The van der Waals surface area contributed by atoms with E-state index in [1.807, 2.05) is 11.8 Å². The van der Waals surface area contributed by atoms with Gasteiger partial charge in [0, 0.05) is 54.9 Å². The van der Waals surface area contributed by atoms with E-state index in [-0.39, 0.29) is 53.1 Å². The molecule has 2 bridgehead atoms. The lowest BCUT2D eigenvalue weighted by Crippen LogP contribution is -2.46. The summed E-state index contributed by atoms with van der Waals surface area (Å²) in [4.78, 5) is 35.3. The van der Waals surface area contributed by atoms with E-state index in [2.05, 4.69) is 25.7 Å². The molecule has 0 aliphatic carbocycles. The molecule has 0 radical (unpaired) electrons. The summed E-state index contributed by atoms with van der Waals surface area (Å²) in [5.74, 6) is 0.0373. The van der Waals surface area contributed by atoms with E-state index in [0.717, 1.165) is 18.8 Å². The van der Waals surface area contributed by atoms with Crippen LogP contribution in [-0.2, 0) is 23.9 Å². The first-order valence-corrected chi connectivity index (χ1v) is 13.4. The Kier molecular flexibility index (Phi) is 7.23. The fourth-order valence-corrected chi connectivity index (χ4v) is 5.81. The normalized spacial score (nSPS) is 18.2. The molecule has 1 amide bonds. The number of piperazine rings is 1. The highest BCUT2D eigenvalue weighted by Crippen LogP contribution is 2.39. The Hall–Kier alpha value is -4.60. The van der Waals surface area contributed by atoms with E-state index in [0.29, 0.717) is 35.3 Å². The number of halogens is 5. The van der Waals surface area contributed by atoms with Crippen molar-refractivity contribution < 1.29 is 36.3 Å². The van der Waals surface area contributed by atoms with Crippen LogP contribution < -0.4 is 15.4 Å². The fraction of sp³-hybridized carbons (Fsp3) is 0.370. The Labute approximate surface area is 240 Å². The summed E-state index contributed by atoms with van der Waals surface area (Å²) < 4.78 is 74.4. The lowest BCUT2D eigenvalue weighted by molar-refractivity contribution is -0.141. The first kappa shape index (κ1) is 28.5. The van der Waals surface area contributed by atoms with Crippen LogP contribution in [-0.4, -0.2) is 73.0 Å². The van der Waals surface area contributed by atoms with Gasteiger partial charge in [-0.2, -0.15) is 18.3 Å². The number of nitrogens with zero attached hydrogens (tertiary/aromatic N) is 6. The maximum absolute atomic E-state index is 13.8. The average Bonchev–Trinajstić information content (AvgIpc) is 3.76. The molecule has 1 aromatic carbocycles. The monoisotopic (exact) mass is 604 g/mol. The number of ether oxygens (including phenoxy) is 1. The zero-order chi connectivity index (χ0) is 30.5. The van der Waals surface area contributed by atoms with Crippen LogP contribution in [0.2, 0.25) is 0 Å². The first-order valence-electron chi connectivity index (χ1n) is 13.4. The zero-order valence-corrected chi connectivity index (χ0v) is 22.6. The molecule has 2 aliphatic heterocycles. The van der Waals surface area contributed by atoms with E-state index in [9.17, 15) is 31.5 Å². The Morgan fingerprint density at radius 2 is 2.09 bits per heavy atom. The number of aromatic nitrogens is 5. The van der Waals surface area contributed by atoms with Crippen LogP contribution in [0.4, 0.5) is 33.5 Å². The van der Waals surface area contributed by atoms with Gasteiger partial charge in [-0.15, -0.1) is 0 Å². The molecule has 226 valence electrons. The van der Waals surface area contributed by atoms with Gasteiger partial charge in [-0.1, -0.05) is 6.92 Å². The van der Waals surface area contributed by atoms with Gasteiger partial charge in [0.05, 0.1) is 23.1 Å². The SMILES string of the molecule is CCc1c(C(=O)N2CC3CC2CN3)ccc(Nc2nccn3c(-c4cn(CC(F)F)nc4C(F)(F)F)cnc23)c1OC=O. The van der Waals surface area contributed by atoms with Crippen molar-refractivity contribution in [2.75, 3.05) is 18.4 Å². The van der Waals surface area contributed by atoms with E-state index >= 15 is 0 Å². The maximum Gasteiger partial charge on any atom is 0.435 e. The second kappa shape index (κ2) is 10.9. The molecular weight excluding hydrogens is 579 g/mol. The molecule has 0 saturated carbocycles. The zero-order valence-electron chi connectivity index (χ0n) is 22.6. The number of rotatable bonds is 9. The van der Waals surface area contributed by atoms with Gasteiger partial charge in [0.2, 0.25) is 0 Å². The second-order valence-electron chi connectivity index (χ2n) is 10.2. The summed E-state index contributed by atoms with van der Waals surface area (Å²) >= 11 is 0. The first-order chi connectivity index (χ1) is 20.6. The maximum atomic E-state index is 13.8. The van der Waals surface area contributed by atoms with Crippen LogP contribution >= 0.6 is 0 Å². The third-order valence-electron chi connectivity index (χ3n) is 7.64. The number of alkyl halides is 5. The van der Waals surface area contributed by atoms with Crippen molar-refractivity contribution in [1.82, 2.24) is 34.4 Å². The molecule has 2 unspecified atom stereocenters. The molecule has 11 nitrogen and oxygen atoms in total. The molecule has 2 atom stereocenters. The molecule has 43 heavy (non-hydrogen) atoms. The molecule has 0 spiro atoms. The number of amides is 1. The molecular formula is C27H25F5N8O3. The Bertz CT molecular complexity index is 1700. The van der Waals surface area contributed by atoms with Crippen molar-refractivity contribution in [2.45, 2.75) is 51.0 Å². The van der Waals surface area contributed by atoms with E-state index < -0.39 is 30.4 Å². The van der Waals surface area contributed by atoms with E-state index in [4.69, 9.17) is 4.74 Å². The van der Waals surface area contributed by atoms with E-state index in [1.165, 1.54) is 16.8 Å². The van der Waals surface area contributed by atoms with Crippen molar-refractivity contribution in [2.24, 2.45) is 0 Å². The van der Waals surface area contributed by atoms with Crippen LogP contribution in [0.1, 0.15) is 35.0 Å². The predicted octanol–water partition coefficient (Wildman–Crippen LogP) is 3.90. The molecule has 4 aromatic rings. The highest BCUT2D eigenvalue weighted by molar-refractivity contribution is 5.98. The topological polar surface area (TPSA) is 119 Å². The highest BCUT2D eigenvalue weighted by atomic mass is 19.4. The van der Waals surface area contributed by atoms with Crippen molar-refractivity contribution >= 4 is 29.5 Å². The van der Waals surface area contributed by atoms with Crippen molar-refractivity contribution in [3.63, 3.8) is 0 Å². The van der Waals surface area contributed by atoms with Crippen molar-refractivity contribution in [1.29, 1.82) is 0 Å². The molecule has 2 N–H and O–H groups in total. The number of likely N-dealkylation sites (tertiary alicyclic amines) is 1. The van der Waals surface area contributed by atoms with Crippen LogP contribution in [0.25, 0.3) is 16.9 Å². The van der Waals surface area contributed by atoms with Crippen LogP contribution in [0.15, 0.2) is 36.9 Å². The van der Waals surface area contributed by atoms with Gasteiger partial charge in [0.1, 0.15) is 6.54 Å². The average molecular weight is 605 g/mol. The number of imidazole rings is 1. The highest BCUT2D eigenvalue weighted by Gasteiger charge is 2.41. The Morgan fingerprint density at radius 1 is 1.28 bits per heavy atom. The third kappa shape index (κ3) is 5.15. The molecule has 5 heterocycles. The van der Waals surface area contributed by atoms with Gasteiger partial charge in [-0.3, -0.25) is 18.7 Å². The fourth-order valence-electron chi connectivity index (χ4n) is 5.81. The summed E-state index contributed by atoms with van der Waals surface area (Å²) in [7, 11) is 0. The van der Waals surface area contributed by atoms with E-state index in [1.54, 1.807) is 12.1 Å². The smallest absolute Gasteiger partial charge is 0.426 e. The number of anilines is 2. The van der Waals surface area contributed by atoms with Crippen molar-refractivity contribution in [3.8, 4) is 17.0 Å². The number of hydrogen-bond acceptors (Lipinski definition) is 8. The van der Waals surface area contributed by atoms with Gasteiger partial charge < -0.3 is 20.3 Å². The summed E-state index contributed by atoms with van der Waals surface area (Å²) in [6, 6.07) is 3.53. The third-order valence-corrected chi connectivity index (χ3v) is 7.64.